The van der Waals surface area contributed by atoms with Crippen LogP contribution in [0.4, 0.5) is 10.5 Å². The van der Waals surface area contributed by atoms with E-state index in [9.17, 15) is 13.8 Å². The van der Waals surface area contributed by atoms with Crippen LogP contribution in [0.2, 0.25) is 5.02 Å². The molecule has 11 nitrogen and oxygen atoms in total. The summed E-state index contributed by atoms with van der Waals surface area (Å²) in [5.74, 6) is 0.715. The van der Waals surface area contributed by atoms with Crippen LogP contribution in [-0.2, 0) is 36.0 Å². The van der Waals surface area contributed by atoms with Crippen molar-refractivity contribution in [1.29, 1.82) is 0 Å². The minimum absolute atomic E-state index is 0.0290. The van der Waals surface area contributed by atoms with Crippen LogP contribution in [0, 0.1) is 17.8 Å². The van der Waals surface area contributed by atoms with Gasteiger partial charge in [-0.15, -0.1) is 4.36 Å². The Morgan fingerprint density at radius 1 is 1.11 bits per heavy atom. The number of piperidine rings is 1. The molecule has 3 amide bonds. The topological polar surface area (TPSA) is 119 Å². The van der Waals surface area contributed by atoms with Crippen molar-refractivity contribution in [3.63, 3.8) is 0 Å². The van der Waals surface area contributed by atoms with Crippen LogP contribution >= 0.6 is 11.6 Å². The van der Waals surface area contributed by atoms with Crippen LogP contribution in [-0.4, -0.2) is 99.2 Å². The SMILES string of the molecule is COCCOC1CCN(C(=O)NS2(=O)=NC(=O)c3ccc4c(c3)N(C[C@@H]3CC[C@H]3[C@@H](OC)/C=C\C[C@H](C)C2)C[C@@]2(CCCc3cc(Cl)ccc32)CO4)CC1. The molecule has 0 radical (unpaired) electrons. The molecule has 6 atom stereocenters. The zero-order chi connectivity index (χ0) is 37.9. The minimum Gasteiger partial charge on any atom is -0.490 e. The molecule has 1 unspecified atom stereocenters. The summed E-state index contributed by atoms with van der Waals surface area (Å²) in [6.07, 6.45) is 11.3. The van der Waals surface area contributed by atoms with E-state index in [2.05, 4.69) is 38.3 Å². The number of anilines is 1. The molecule has 5 aliphatic rings. The van der Waals surface area contributed by atoms with Crippen LogP contribution in [0.25, 0.3) is 0 Å². The van der Waals surface area contributed by atoms with E-state index in [0.29, 0.717) is 75.3 Å². The van der Waals surface area contributed by atoms with Crippen LogP contribution in [0.15, 0.2) is 52.9 Å². The second-order valence-electron chi connectivity index (χ2n) is 15.9. The second-order valence-corrected chi connectivity index (χ2v) is 18.4. The average Bonchev–Trinajstić information content (AvgIpc) is 3.29. The molecule has 1 spiro atoms. The Kier molecular flexibility index (Phi) is 12.2. The van der Waals surface area contributed by atoms with Crippen molar-refractivity contribution >= 4 is 39.1 Å². The van der Waals surface area contributed by atoms with Crippen LogP contribution in [0.1, 0.15) is 73.4 Å². The number of fused-ring (bicyclic) bond motifs is 4. The van der Waals surface area contributed by atoms with Crippen LogP contribution in [0.5, 0.6) is 5.75 Å². The highest BCUT2D eigenvalue weighted by molar-refractivity contribution is 7.92. The molecule has 1 saturated heterocycles. The zero-order valence-electron chi connectivity index (χ0n) is 31.8. The zero-order valence-corrected chi connectivity index (χ0v) is 33.4. The molecule has 1 N–H and O–H groups in total. The third-order valence-electron chi connectivity index (χ3n) is 12.1. The molecule has 0 aromatic heterocycles. The third kappa shape index (κ3) is 8.63. The highest BCUT2D eigenvalue weighted by atomic mass is 35.5. The highest BCUT2D eigenvalue weighted by Crippen LogP contribution is 2.47. The van der Waals surface area contributed by atoms with Crippen molar-refractivity contribution in [2.75, 3.05) is 70.9 Å². The number of nitrogens with one attached hydrogen (secondary N) is 1. The molecule has 13 heteroatoms. The van der Waals surface area contributed by atoms with Gasteiger partial charge in [0.05, 0.1) is 43.5 Å². The molecule has 2 fully saturated rings. The summed E-state index contributed by atoms with van der Waals surface area (Å²) in [6, 6.07) is 11.2. The number of aryl methyl sites for hydroxylation is 1. The quantitative estimate of drug-likeness (QED) is 0.251. The summed E-state index contributed by atoms with van der Waals surface area (Å²) >= 11 is 6.47. The Morgan fingerprint density at radius 3 is 2.70 bits per heavy atom. The number of carbonyl (C=O) groups excluding carboxylic acids is 2. The van der Waals surface area contributed by atoms with Gasteiger partial charge in [-0.2, -0.15) is 0 Å². The monoisotopic (exact) mass is 782 g/mol. The average molecular weight is 783 g/mol. The van der Waals surface area contributed by atoms with Crippen molar-refractivity contribution in [3.05, 3.63) is 70.3 Å². The number of hydrogen-bond donors (Lipinski definition) is 1. The summed E-state index contributed by atoms with van der Waals surface area (Å²) in [5, 5.41) is 0.742. The lowest BCUT2D eigenvalue weighted by atomic mass is 9.68. The molecule has 54 heavy (non-hydrogen) atoms. The number of halogens is 1. The predicted octanol–water partition coefficient (Wildman–Crippen LogP) is 6.81. The molecule has 3 aliphatic heterocycles. The maximum Gasteiger partial charge on any atom is 0.329 e. The Hall–Kier alpha value is -3.16. The first-order chi connectivity index (χ1) is 26.1. The number of likely N-dealkylation sites (tertiary alicyclic amines) is 1. The van der Waals surface area contributed by atoms with Crippen LogP contribution in [0.3, 0.4) is 0 Å². The van der Waals surface area contributed by atoms with Gasteiger partial charge in [-0.25, -0.2) is 9.00 Å². The molecular weight excluding hydrogens is 728 g/mol. The van der Waals surface area contributed by atoms with Gasteiger partial charge in [0.25, 0.3) is 5.91 Å². The van der Waals surface area contributed by atoms with Gasteiger partial charge in [-0.3, -0.25) is 9.52 Å². The summed E-state index contributed by atoms with van der Waals surface area (Å²) in [4.78, 5) is 31.7. The first-order valence-electron chi connectivity index (χ1n) is 19.6. The molecular formula is C41H55ClN4O7S. The normalized spacial score (nSPS) is 30.9. The molecule has 7 rings (SSSR count). The van der Waals surface area contributed by atoms with Gasteiger partial charge in [0.1, 0.15) is 15.7 Å². The molecule has 294 valence electrons. The van der Waals surface area contributed by atoms with Crippen LogP contribution < -0.4 is 14.4 Å². The number of benzene rings is 2. The van der Waals surface area contributed by atoms with Crippen molar-refractivity contribution in [2.45, 2.75) is 75.9 Å². The first-order valence-corrected chi connectivity index (χ1v) is 21.6. The summed E-state index contributed by atoms with van der Waals surface area (Å²) in [6.45, 7) is 5.90. The smallest absolute Gasteiger partial charge is 0.329 e. The molecule has 2 bridgehead atoms. The second kappa shape index (κ2) is 16.9. The van der Waals surface area contributed by atoms with Crippen molar-refractivity contribution in [1.82, 2.24) is 9.62 Å². The number of rotatable bonds is 6. The number of urea groups is 1. The first kappa shape index (κ1) is 39.1. The van der Waals surface area contributed by atoms with Gasteiger partial charge in [0.15, 0.2) is 0 Å². The van der Waals surface area contributed by atoms with E-state index in [0.717, 1.165) is 55.9 Å². The number of nitrogens with zero attached hydrogens (tertiary/aromatic N) is 3. The van der Waals surface area contributed by atoms with E-state index >= 15 is 0 Å². The van der Waals surface area contributed by atoms with E-state index in [1.807, 2.05) is 25.1 Å². The fourth-order valence-electron chi connectivity index (χ4n) is 9.09. The van der Waals surface area contributed by atoms with E-state index in [1.165, 1.54) is 11.1 Å². The van der Waals surface area contributed by atoms with E-state index in [4.69, 9.17) is 30.5 Å². The van der Waals surface area contributed by atoms with Gasteiger partial charge in [-0.1, -0.05) is 36.7 Å². The van der Waals surface area contributed by atoms with Crippen molar-refractivity contribution in [2.24, 2.45) is 22.1 Å². The number of allylic oxidation sites excluding steroid dienone is 1. The molecule has 1 saturated carbocycles. The molecule has 2 aromatic carbocycles. The van der Waals surface area contributed by atoms with E-state index < -0.39 is 21.9 Å². The van der Waals surface area contributed by atoms with E-state index in [1.54, 1.807) is 25.2 Å². The fraction of sp³-hybridized carbons (Fsp3) is 0.610. The lowest BCUT2D eigenvalue weighted by Crippen LogP contribution is -2.49. The minimum atomic E-state index is -3.51. The van der Waals surface area contributed by atoms with Crippen molar-refractivity contribution in [3.8, 4) is 5.75 Å². The van der Waals surface area contributed by atoms with Gasteiger partial charge >= 0.3 is 6.03 Å². The molecule has 2 aliphatic carbocycles. The van der Waals surface area contributed by atoms with Gasteiger partial charge in [-0.05, 0) is 111 Å². The molecule has 2 aromatic rings. The van der Waals surface area contributed by atoms with Gasteiger partial charge in [0.2, 0.25) is 0 Å². The fourth-order valence-corrected chi connectivity index (χ4v) is 11.2. The Bertz CT molecular complexity index is 1840. The summed E-state index contributed by atoms with van der Waals surface area (Å²) in [7, 11) is -0.1000. The highest BCUT2D eigenvalue weighted by Gasteiger charge is 2.44. The molecule has 3 heterocycles. The summed E-state index contributed by atoms with van der Waals surface area (Å²) < 4.78 is 45.4. The number of ether oxygens (including phenoxy) is 4. The van der Waals surface area contributed by atoms with Crippen molar-refractivity contribution < 1.29 is 32.7 Å². The number of amides is 3. The van der Waals surface area contributed by atoms with Gasteiger partial charge in [0, 0.05) is 56.4 Å². The largest absolute Gasteiger partial charge is 0.490 e. The Morgan fingerprint density at radius 2 is 1.94 bits per heavy atom. The number of methoxy groups -OCH3 is 2. The maximum atomic E-state index is 14.7. The summed E-state index contributed by atoms with van der Waals surface area (Å²) in [5.41, 5.74) is 3.43. The predicted molar refractivity (Wildman–Crippen MR) is 211 cm³/mol. The maximum absolute atomic E-state index is 14.7. The lowest BCUT2D eigenvalue weighted by molar-refractivity contribution is -0.00891. The third-order valence-corrected chi connectivity index (χ3v) is 14.3. The number of carbonyl (C=O) groups is 2. The van der Waals surface area contributed by atoms with E-state index in [-0.39, 0.29) is 29.3 Å². The number of hydrogen-bond acceptors (Lipinski definition) is 8. The standard InChI is InChI=1S/C41H55ClN4O7S/c1-28-6-4-8-37(51-3)34-12-9-31(34)24-46-26-41(17-5-7-29-22-32(42)11-13-35(29)41)27-53-38-14-10-30(23-36(38)46)39(47)43-54(49,25-28)44-40(48)45-18-15-33(16-19-45)52-21-20-50-2/h4,8,10-11,13-14,22-23,28,31,33-34,37H,5-7,9,12,15-21,24-27H2,1-3H3,(H,43,44,47,48,49)/b8-4-/t28-,31-,34+,37-,41-,54?/m0/s1. The van der Waals surface area contributed by atoms with Gasteiger partial charge < -0.3 is 28.7 Å². The lowest BCUT2D eigenvalue weighted by Gasteiger charge is -2.46. The Balaban J connectivity index is 1.21. The Labute approximate surface area is 325 Å².